The molecular weight excluding hydrogens is 442 g/mol. The molecule has 2 aromatic carbocycles. The van der Waals surface area contributed by atoms with E-state index in [9.17, 15) is 14.9 Å². The maximum atomic E-state index is 12.4. The Morgan fingerprint density at radius 1 is 1.24 bits per heavy atom. The van der Waals surface area contributed by atoms with E-state index in [0.29, 0.717) is 22.5 Å². The zero-order valence-electron chi connectivity index (χ0n) is 15.6. The van der Waals surface area contributed by atoms with E-state index in [4.69, 9.17) is 9.26 Å². The third kappa shape index (κ3) is 5.20. The summed E-state index contributed by atoms with van der Waals surface area (Å²) in [6, 6.07) is 12.9. The number of hydrogen-bond acceptors (Lipinski definition) is 6. The number of carbonyl (C=O) groups is 1. The number of nitro groups is 1. The molecule has 1 aromatic heterocycles. The number of ether oxygens (including phenoxy) is 1. The van der Waals surface area contributed by atoms with Crippen LogP contribution in [0.4, 0.5) is 11.4 Å². The summed E-state index contributed by atoms with van der Waals surface area (Å²) in [5.74, 6) is 0.717. The van der Waals surface area contributed by atoms with Gasteiger partial charge in [-0.25, -0.2) is 0 Å². The van der Waals surface area contributed by atoms with Gasteiger partial charge in [-0.2, -0.15) is 0 Å². The summed E-state index contributed by atoms with van der Waals surface area (Å²) in [5.41, 5.74) is 1.16. The van der Waals surface area contributed by atoms with Crippen molar-refractivity contribution in [3.63, 3.8) is 0 Å². The molecule has 0 atom stereocenters. The first kappa shape index (κ1) is 20.5. The Hall–Kier alpha value is -3.20. The average Bonchev–Trinajstić information content (AvgIpc) is 3.20. The van der Waals surface area contributed by atoms with Gasteiger partial charge in [0.1, 0.15) is 5.75 Å². The summed E-state index contributed by atoms with van der Waals surface area (Å²) in [4.78, 5) is 22.7. The van der Waals surface area contributed by atoms with Crippen LogP contribution < -0.4 is 10.1 Å². The maximum absolute atomic E-state index is 12.4. The van der Waals surface area contributed by atoms with E-state index in [2.05, 4.69) is 33.3 Å². The van der Waals surface area contributed by atoms with Gasteiger partial charge < -0.3 is 14.6 Å². The number of hydrogen-bond donors (Lipinski definition) is 1. The molecule has 1 heterocycles. The number of carbonyl (C=O) groups excluding carboxylic acids is 1. The standard InChI is InChI=1S/C20H18BrN3O5/c1-2-3-10-28-15-7-4-13(5-8-15)19-12-18(23-29-19)20(25)22-17-9-6-14(24(26)27)11-16(17)21/h4-9,11-12H,2-3,10H2,1H3,(H,22,25). The van der Waals surface area contributed by atoms with Crippen LogP contribution in [0.15, 0.2) is 57.5 Å². The third-order valence-corrected chi connectivity index (χ3v) is 4.72. The highest BCUT2D eigenvalue weighted by Gasteiger charge is 2.16. The van der Waals surface area contributed by atoms with E-state index in [1.54, 1.807) is 0 Å². The largest absolute Gasteiger partial charge is 0.494 e. The molecule has 0 aliphatic carbocycles. The molecule has 0 aliphatic heterocycles. The Balaban J connectivity index is 1.68. The number of aromatic nitrogens is 1. The molecule has 3 aromatic rings. The summed E-state index contributed by atoms with van der Waals surface area (Å²) < 4.78 is 11.3. The van der Waals surface area contributed by atoms with Gasteiger partial charge in [-0.3, -0.25) is 14.9 Å². The van der Waals surface area contributed by atoms with E-state index in [1.165, 1.54) is 24.3 Å². The summed E-state index contributed by atoms with van der Waals surface area (Å²) in [7, 11) is 0. The molecule has 0 bridgehead atoms. The molecule has 0 fully saturated rings. The average molecular weight is 460 g/mol. The minimum atomic E-state index is -0.513. The van der Waals surface area contributed by atoms with Crippen molar-refractivity contribution in [1.29, 1.82) is 0 Å². The number of halogens is 1. The zero-order chi connectivity index (χ0) is 20.8. The van der Waals surface area contributed by atoms with Crippen LogP contribution in [0, 0.1) is 10.1 Å². The van der Waals surface area contributed by atoms with Gasteiger partial charge in [-0.15, -0.1) is 0 Å². The Morgan fingerprint density at radius 2 is 2.00 bits per heavy atom. The van der Waals surface area contributed by atoms with E-state index in [1.807, 2.05) is 24.3 Å². The Kier molecular flexibility index (Phi) is 6.61. The zero-order valence-corrected chi connectivity index (χ0v) is 17.1. The Labute approximate surface area is 175 Å². The van der Waals surface area contributed by atoms with Crippen LogP contribution in [0.25, 0.3) is 11.3 Å². The van der Waals surface area contributed by atoms with Gasteiger partial charge in [0.05, 0.1) is 17.2 Å². The molecule has 0 spiro atoms. The molecule has 1 amide bonds. The summed E-state index contributed by atoms with van der Waals surface area (Å²) in [5, 5.41) is 17.2. The van der Waals surface area contributed by atoms with Crippen molar-refractivity contribution in [3.8, 4) is 17.1 Å². The van der Waals surface area contributed by atoms with Crippen LogP contribution in [0.3, 0.4) is 0 Å². The van der Waals surface area contributed by atoms with Crippen molar-refractivity contribution in [1.82, 2.24) is 5.16 Å². The minimum absolute atomic E-state index is 0.0827. The molecule has 29 heavy (non-hydrogen) atoms. The van der Waals surface area contributed by atoms with Crippen molar-refractivity contribution < 1.29 is 19.0 Å². The number of amides is 1. The lowest BCUT2D eigenvalue weighted by Gasteiger charge is -2.05. The SMILES string of the molecule is CCCCOc1ccc(-c2cc(C(=O)Nc3ccc([N+](=O)[O-])cc3Br)no2)cc1. The van der Waals surface area contributed by atoms with Crippen LogP contribution in [0.2, 0.25) is 0 Å². The minimum Gasteiger partial charge on any atom is -0.494 e. The topological polar surface area (TPSA) is 108 Å². The first-order valence-corrected chi connectivity index (χ1v) is 9.72. The number of benzene rings is 2. The van der Waals surface area contributed by atoms with E-state index >= 15 is 0 Å². The van der Waals surface area contributed by atoms with Crippen LogP contribution in [0.5, 0.6) is 5.75 Å². The molecule has 8 nitrogen and oxygen atoms in total. The second-order valence-corrected chi connectivity index (χ2v) is 7.03. The number of nitrogens with zero attached hydrogens (tertiary/aromatic N) is 2. The number of nitro benzene ring substituents is 1. The van der Waals surface area contributed by atoms with Crippen LogP contribution in [-0.2, 0) is 0 Å². The van der Waals surface area contributed by atoms with Crippen molar-refractivity contribution >= 4 is 33.2 Å². The van der Waals surface area contributed by atoms with Gasteiger partial charge in [-0.1, -0.05) is 18.5 Å². The number of rotatable bonds is 8. The fourth-order valence-corrected chi connectivity index (χ4v) is 2.94. The molecule has 9 heteroatoms. The fourth-order valence-electron chi connectivity index (χ4n) is 2.47. The van der Waals surface area contributed by atoms with Crippen molar-refractivity contribution in [2.45, 2.75) is 19.8 Å². The lowest BCUT2D eigenvalue weighted by Crippen LogP contribution is -2.12. The van der Waals surface area contributed by atoms with Gasteiger partial charge in [0, 0.05) is 28.2 Å². The monoisotopic (exact) mass is 459 g/mol. The number of non-ortho nitro benzene ring substituents is 1. The first-order chi connectivity index (χ1) is 14.0. The van der Waals surface area contributed by atoms with Crippen LogP contribution in [-0.4, -0.2) is 22.6 Å². The van der Waals surface area contributed by atoms with Gasteiger partial charge in [0.25, 0.3) is 11.6 Å². The predicted octanol–water partition coefficient (Wildman–Crippen LogP) is 5.44. The van der Waals surface area contributed by atoms with Crippen molar-refractivity contribution in [2.24, 2.45) is 0 Å². The molecule has 0 saturated heterocycles. The van der Waals surface area contributed by atoms with Crippen LogP contribution in [0.1, 0.15) is 30.3 Å². The van der Waals surface area contributed by atoms with E-state index < -0.39 is 10.8 Å². The fraction of sp³-hybridized carbons (Fsp3) is 0.200. The van der Waals surface area contributed by atoms with Crippen molar-refractivity contribution in [2.75, 3.05) is 11.9 Å². The highest BCUT2D eigenvalue weighted by atomic mass is 79.9. The number of nitrogens with one attached hydrogen (secondary N) is 1. The second kappa shape index (κ2) is 9.33. The summed E-state index contributed by atoms with van der Waals surface area (Å²) >= 11 is 3.21. The second-order valence-electron chi connectivity index (χ2n) is 6.18. The molecule has 3 rings (SSSR count). The normalized spacial score (nSPS) is 10.6. The van der Waals surface area contributed by atoms with E-state index in [0.717, 1.165) is 24.2 Å². The van der Waals surface area contributed by atoms with Crippen LogP contribution >= 0.6 is 15.9 Å². The van der Waals surface area contributed by atoms with Gasteiger partial charge in [-0.05, 0) is 52.7 Å². The molecule has 1 N–H and O–H groups in total. The third-order valence-electron chi connectivity index (χ3n) is 4.06. The van der Waals surface area contributed by atoms with Crippen molar-refractivity contribution in [3.05, 3.63) is 68.8 Å². The molecule has 0 radical (unpaired) electrons. The molecule has 0 unspecified atom stereocenters. The highest BCUT2D eigenvalue weighted by molar-refractivity contribution is 9.10. The molecule has 0 aliphatic rings. The van der Waals surface area contributed by atoms with Gasteiger partial charge in [0.2, 0.25) is 0 Å². The van der Waals surface area contributed by atoms with E-state index in [-0.39, 0.29) is 11.4 Å². The number of anilines is 1. The van der Waals surface area contributed by atoms with Gasteiger partial charge in [0.15, 0.2) is 11.5 Å². The smallest absolute Gasteiger partial charge is 0.277 e. The maximum Gasteiger partial charge on any atom is 0.277 e. The summed E-state index contributed by atoms with van der Waals surface area (Å²) in [6.45, 7) is 2.77. The highest BCUT2D eigenvalue weighted by Crippen LogP contribution is 2.28. The lowest BCUT2D eigenvalue weighted by atomic mass is 10.1. The number of unbranched alkanes of at least 4 members (excludes halogenated alkanes) is 1. The van der Waals surface area contributed by atoms with Gasteiger partial charge >= 0.3 is 0 Å². The lowest BCUT2D eigenvalue weighted by molar-refractivity contribution is -0.384. The quantitative estimate of drug-likeness (QED) is 0.272. The molecule has 150 valence electrons. The predicted molar refractivity (Wildman–Crippen MR) is 111 cm³/mol. The Morgan fingerprint density at radius 3 is 2.66 bits per heavy atom. The first-order valence-electron chi connectivity index (χ1n) is 8.93. The Bertz CT molecular complexity index is 1020. The molecule has 0 saturated carbocycles. The summed E-state index contributed by atoms with van der Waals surface area (Å²) in [6.07, 6.45) is 2.06. The molecular formula is C20H18BrN3O5.